The Morgan fingerprint density at radius 2 is 1.75 bits per heavy atom. The third-order valence-electron chi connectivity index (χ3n) is 7.32. The van der Waals surface area contributed by atoms with E-state index >= 15 is 0 Å². The predicted molar refractivity (Wildman–Crippen MR) is 141 cm³/mol. The highest BCUT2D eigenvalue weighted by Gasteiger charge is 2.42. The van der Waals surface area contributed by atoms with E-state index in [4.69, 9.17) is 27.9 Å². The third-order valence-corrected chi connectivity index (χ3v) is 7.79. The van der Waals surface area contributed by atoms with Gasteiger partial charge in [-0.1, -0.05) is 35.3 Å². The van der Waals surface area contributed by atoms with Crippen molar-refractivity contribution in [2.24, 2.45) is 11.8 Å². The van der Waals surface area contributed by atoms with Crippen molar-refractivity contribution in [2.75, 3.05) is 31.1 Å². The van der Waals surface area contributed by atoms with E-state index in [2.05, 4.69) is 38.9 Å². The van der Waals surface area contributed by atoms with Crippen LogP contribution in [0.2, 0.25) is 10.0 Å². The predicted octanol–water partition coefficient (Wildman–Crippen LogP) is 5.10. The van der Waals surface area contributed by atoms with Crippen molar-refractivity contribution in [3.05, 3.63) is 76.8 Å². The van der Waals surface area contributed by atoms with Crippen LogP contribution in [0.25, 0.3) is 0 Å². The first-order chi connectivity index (χ1) is 17.5. The lowest BCUT2D eigenvalue weighted by atomic mass is 9.86. The number of hydrogen-bond acceptors (Lipinski definition) is 6. The number of rotatable bonds is 6. The highest BCUT2D eigenvalue weighted by molar-refractivity contribution is 6.30. The summed E-state index contributed by atoms with van der Waals surface area (Å²) in [7, 11) is 0. The van der Waals surface area contributed by atoms with E-state index in [0.29, 0.717) is 29.0 Å². The average molecular weight is 526 g/mol. The van der Waals surface area contributed by atoms with Crippen molar-refractivity contribution in [3.63, 3.8) is 0 Å². The van der Waals surface area contributed by atoms with E-state index in [1.165, 1.54) is 0 Å². The summed E-state index contributed by atoms with van der Waals surface area (Å²) in [5.74, 6) is 1.96. The van der Waals surface area contributed by atoms with E-state index in [9.17, 15) is 4.79 Å². The maximum absolute atomic E-state index is 13.6. The molecule has 3 atom stereocenters. The lowest BCUT2D eigenvalue weighted by Crippen LogP contribution is -2.42. The monoisotopic (exact) mass is 525 g/mol. The summed E-state index contributed by atoms with van der Waals surface area (Å²) < 4.78 is 6.21. The molecule has 1 unspecified atom stereocenters. The molecule has 2 aliphatic heterocycles. The van der Waals surface area contributed by atoms with Gasteiger partial charge in [0, 0.05) is 67.4 Å². The Bertz CT molecular complexity index is 1160. The maximum atomic E-state index is 13.6. The number of anilines is 1. The third kappa shape index (κ3) is 5.57. The molecule has 9 heteroatoms. The molecule has 2 saturated heterocycles. The van der Waals surface area contributed by atoms with Gasteiger partial charge in [0.25, 0.3) is 0 Å². The number of ether oxygens (including phenoxy) is 1. The highest BCUT2D eigenvalue weighted by atomic mass is 35.5. The summed E-state index contributed by atoms with van der Waals surface area (Å²) in [6.07, 6.45) is 6.39. The molecular weight excluding hydrogens is 497 g/mol. The van der Waals surface area contributed by atoms with Gasteiger partial charge in [0.15, 0.2) is 0 Å². The normalized spacial score (nSPS) is 21.4. The van der Waals surface area contributed by atoms with Crippen LogP contribution in [0.3, 0.4) is 0 Å². The standard InChI is InChI=1S/C27H29Cl2N5O2/c1-18(36-26-7-6-22(29)14-31-26)23-15-34(16-24(23)19-2-4-21(28)5-3-19)27(35)20-9-12-33(13-10-20)25-8-11-30-17-32-25/h2-8,11,14,17-18,20,23-24H,9-10,12-13,15-16H2,1H3/t18-,23+,24?/m0/s1. The second-order valence-corrected chi connectivity index (χ2v) is 10.4. The van der Waals surface area contributed by atoms with E-state index in [1.54, 1.807) is 30.9 Å². The van der Waals surface area contributed by atoms with Gasteiger partial charge < -0.3 is 14.5 Å². The van der Waals surface area contributed by atoms with Crippen LogP contribution in [0.5, 0.6) is 5.88 Å². The van der Waals surface area contributed by atoms with Crippen LogP contribution in [0, 0.1) is 11.8 Å². The molecule has 1 aromatic carbocycles. The number of pyridine rings is 1. The maximum Gasteiger partial charge on any atom is 0.225 e. The number of hydrogen-bond donors (Lipinski definition) is 0. The quantitative estimate of drug-likeness (QED) is 0.445. The smallest absolute Gasteiger partial charge is 0.225 e. The Hall–Kier alpha value is -2.90. The average Bonchev–Trinajstić information content (AvgIpc) is 3.36. The molecule has 0 radical (unpaired) electrons. The molecule has 2 aromatic heterocycles. The Balaban J connectivity index is 1.28. The Morgan fingerprint density at radius 1 is 1.00 bits per heavy atom. The van der Waals surface area contributed by atoms with Crippen molar-refractivity contribution < 1.29 is 9.53 Å². The molecule has 4 heterocycles. The van der Waals surface area contributed by atoms with Crippen LogP contribution < -0.4 is 9.64 Å². The van der Waals surface area contributed by atoms with E-state index in [-0.39, 0.29) is 29.8 Å². The van der Waals surface area contributed by atoms with Crippen LogP contribution in [0.15, 0.2) is 61.2 Å². The van der Waals surface area contributed by atoms with Gasteiger partial charge >= 0.3 is 0 Å². The topological polar surface area (TPSA) is 71.5 Å². The van der Waals surface area contributed by atoms with Gasteiger partial charge in [0.05, 0.1) is 5.02 Å². The number of aromatic nitrogens is 3. The van der Waals surface area contributed by atoms with Crippen molar-refractivity contribution >= 4 is 34.9 Å². The molecule has 0 aliphatic carbocycles. The van der Waals surface area contributed by atoms with Crippen molar-refractivity contribution in [1.29, 1.82) is 0 Å². The molecule has 2 fully saturated rings. The number of likely N-dealkylation sites (tertiary alicyclic amines) is 1. The fraction of sp³-hybridized carbons (Fsp3) is 0.407. The summed E-state index contributed by atoms with van der Waals surface area (Å²) >= 11 is 12.1. The molecular formula is C27H29Cl2N5O2. The summed E-state index contributed by atoms with van der Waals surface area (Å²) in [5.41, 5.74) is 1.16. The molecule has 3 aromatic rings. The van der Waals surface area contributed by atoms with Crippen molar-refractivity contribution in [3.8, 4) is 5.88 Å². The minimum Gasteiger partial charge on any atom is -0.474 e. The van der Waals surface area contributed by atoms with E-state index < -0.39 is 0 Å². The largest absolute Gasteiger partial charge is 0.474 e. The van der Waals surface area contributed by atoms with Gasteiger partial charge in [-0.05, 0) is 49.6 Å². The molecule has 0 bridgehead atoms. The minimum atomic E-state index is -0.142. The number of piperidine rings is 1. The van der Waals surface area contributed by atoms with Gasteiger partial charge in [-0.15, -0.1) is 0 Å². The lowest BCUT2D eigenvalue weighted by Gasteiger charge is -2.33. The van der Waals surface area contributed by atoms with Gasteiger partial charge in [-0.3, -0.25) is 4.79 Å². The second-order valence-electron chi connectivity index (χ2n) is 9.53. The van der Waals surface area contributed by atoms with Crippen LogP contribution >= 0.6 is 23.2 Å². The molecule has 2 aliphatic rings. The molecule has 5 rings (SSSR count). The van der Waals surface area contributed by atoms with Gasteiger partial charge in [0.1, 0.15) is 18.2 Å². The summed E-state index contributed by atoms with van der Waals surface area (Å²) in [4.78, 5) is 30.5. The Morgan fingerprint density at radius 3 is 2.42 bits per heavy atom. The number of amides is 1. The SMILES string of the molecule is C[C@H](Oc1ccc(Cl)cn1)[C@H]1CN(C(=O)C2CCN(c3ccncn3)CC2)CC1c1ccc(Cl)cc1. The summed E-state index contributed by atoms with van der Waals surface area (Å²) in [6, 6.07) is 13.4. The second kappa shape index (κ2) is 11.0. The van der Waals surface area contributed by atoms with Crippen molar-refractivity contribution in [1.82, 2.24) is 19.9 Å². The lowest BCUT2D eigenvalue weighted by molar-refractivity contribution is -0.135. The minimum absolute atomic E-state index is 0.0156. The fourth-order valence-electron chi connectivity index (χ4n) is 5.34. The fourth-order valence-corrected chi connectivity index (χ4v) is 5.58. The number of halogens is 2. The number of carbonyl (C=O) groups is 1. The van der Waals surface area contributed by atoms with Gasteiger partial charge in [-0.25, -0.2) is 15.0 Å². The highest BCUT2D eigenvalue weighted by Crippen LogP contribution is 2.38. The molecule has 1 amide bonds. The van der Waals surface area contributed by atoms with Gasteiger partial charge in [0.2, 0.25) is 11.8 Å². The van der Waals surface area contributed by atoms with Crippen LogP contribution in [0.4, 0.5) is 5.82 Å². The Kier molecular flexibility index (Phi) is 7.58. The van der Waals surface area contributed by atoms with Crippen LogP contribution in [-0.2, 0) is 4.79 Å². The molecule has 0 N–H and O–H groups in total. The molecule has 0 saturated carbocycles. The van der Waals surface area contributed by atoms with Gasteiger partial charge in [-0.2, -0.15) is 0 Å². The number of carbonyl (C=O) groups excluding carboxylic acids is 1. The van der Waals surface area contributed by atoms with E-state index in [1.807, 2.05) is 23.1 Å². The Labute approximate surface area is 221 Å². The zero-order chi connectivity index (χ0) is 25.1. The first-order valence-electron chi connectivity index (χ1n) is 12.3. The zero-order valence-electron chi connectivity index (χ0n) is 20.1. The summed E-state index contributed by atoms with van der Waals surface area (Å²) in [5, 5.41) is 1.27. The van der Waals surface area contributed by atoms with E-state index in [0.717, 1.165) is 37.3 Å². The van der Waals surface area contributed by atoms with Crippen LogP contribution in [0.1, 0.15) is 31.2 Å². The van der Waals surface area contributed by atoms with Crippen LogP contribution in [-0.4, -0.2) is 58.0 Å². The molecule has 7 nitrogen and oxygen atoms in total. The summed E-state index contributed by atoms with van der Waals surface area (Å²) in [6.45, 7) is 4.99. The molecule has 36 heavy (non-hydrogen) atoms. The zero-order valence-corrected chi connectivity index (χ0v) is 21.6. The van der Waals surface area contributed by atoms with Crippen molar-refractivity contribution in [2.45, 2.75) is 31.8 Å². The molecule has 0 spiro atoms. The number of benzene rings is 1. The number of nitrogens with zero attached hydrogens (tertiary/aromatic N) is 5. The first kappa shape index (κ1) is 24.8. The first-order valence-corrected chi connectivity index (χ1v) is 13.1. The molecule has 188 valence electrons.